The Morgan fingerprint density at radius 3 is 3.00 bits per heavy atom. The van der Waals surface area contributed by atoms with E-state index < -0.39 is 0 Å². The largest absolute Gasteiger partial charge is 0.295 e. The molecule has 100 valence electrons. The van der Waals surface area contributed by atoms with Crippen LogP contribution in [0.5, 0.6) is 0 Å². The number of aromatic nitrogens is 3. The van der Waals surface area contributed by atoms with Gasteiger partial charge in [-0.2, -0.15) is 4.40 Å². The van der Waals surface area contributed by atoms with E-state index >= 15 is 0 Å². The smallest absolute Gasteiger partial charge is 0.263 e. The molecule has 0 amide bonds. The quantitative estimate of drug-likeness (QED) is 0.314. The lowest BCUT2D eigenvalue weighted by Gasteiger charge is -2.13. The molecule has 0 saturated heterocycles. The molecule has 5 heterocycles. The summed E-state index contributed by atoms with van der Waals surface area (Å²) >= 11 is 0. The fourth-order valence-corrected chi connectivity index (χ4v) is 4.48. The number of nitrogens with zero attached hydrogens (tertiary/aromatic N) is 3. The number of fused-ring (bicyclic) bond motifs is 1. The number of benzene rings is 1. The Hall–Kier alpha value is -2.42. The molecular weight excluding hydrogens is 258 g/mol. The maximum atomic E-state index is 4.50. The first-order valence-electron chi connectivity index (χ1n) is 7.58. The molecule has 4 aromatic rings. The van der Waals surface area contributed by atoms with Gasteiger partial charge in [0.25, 0.3) is 5.65 Å². The minimum atomic E-state index is 1.01. The Morgan fingerprint density at radius 1 is 1.10 bits per heavy atom. The standard InChI is InChI=1S/C18H14N3/c1-10-15-6-5-11-7-19-8-14-13-4-2-3-12-9-20(10)18(16(12)13)21(15)17(11)14/h2-4,7-8H,5-6,9H2,1H3/q+1. The van der Waals surface area contributed by atoms with Gasteiger partial charge in [-0.05, 0) is 6.42 Å². The second-order valence-electron chi connectivity index (χ2n) is 6.31. The average molecular weight is 272 g/mol. The SMILES string of the molecule is Cc1c2[n+]3c4c(cncc4c4cccc5c4c3n1C5)CC2. The summed E-state index contributed by atoms with van der Waals surface area (Å²) in [7, 11) is 0. The zero-order valence-corrected chi connectivity index (χ0v) is 11.8. The highest BCUT2D eigenvalue weighted by atomic mass is 15.2. The maximum absolute atomic E-state index is 4.50. The summed E-state index contributed by atoms with van der Waals surface area (Å²) in [5.74, 6) is 0. The third-order valence-corrected chi connectivity index (χ3v) is 5.40. The summed E-state index contributed by atoms with van der Waals surface area (Å²) in [6.45, 7) is 3.29. The fraction of sp³-hybridized carbons (Fsp3) is 0.222. The van der Waals surface area contributed by atoms with Crippen LogP contribution in [0.3, 0.4) is 0 Å². The molecule has 2 aliphatic rings. The van der Waals surface area contributed by atoms with Gasteiger partial charge in [0, 0.05) is 47.6 Å². The van der Waals surface area contributed by atoms with E-state index in [1.807, 2.05) is 6.20 Å². The van der Waals surface area contributed by atoms with Crippen molar-refractivity contribution in [2.24, 2.45) is 0 Å². The summed E-state index contributed by atoms with van der Waals surface area (Å²) < 4.78 is 5.02. The van der Waals surface area contributed by atoms with Crippen molar-refractivity contribution < 1.29 is 4.40 Å². The van der Waals surface area contributed by atoms with Crippen molar-refractivity contribution >= 4 is 27.3 Å². The van der Waals surface area contributed by atoms with Crippen molar-refractivity contribution in [3.8, 4) is 0 Å². The molecule has 0 atom stereocenters. The second kappa shape index (κ2) is 3.08. The molecule has 0 bridgehead atoms. The highest BCUT2D eigenvalue weighted by Crippen LogP contribution is 2.37. The minimum Gasteiger partial charge on any atom is -0.263 e. The molecule has 0 radical (unpaired) electrons. The van der Waals surface area contributed by atoms with E-state index in [1.54, 1.807) is 0 Å². The van der Waals surface area contributed by atoms with E-state index in [0.717, 1.165) is 19.4 Å². The molecule has 3 aromatic heterocycles. The van der Waals surface area contributed by atoms with E-state index in [9.17, 15) is 0 Å². The van der Waals surface area contributed by atoms with Gasteiger partial charge < -0.3 is 0 Å². The molecule has 0 fully saturated rings. The molecular formula is C18H14N3+. The van der Waals surface area contributed by atoms with Gasteiger partial charge in [0.05, 0.1) is 5.39 Å². The topological polar surface area (TPSA) is 21.9 Å². The Bertz CT molecular complexity index is 1120. The number of hydrogen-bond donors (Lipinski definition) is 0. The molecule has 2 aliphatic heterocycles. The van der Waals surface area contributed by atoms with Crippen LogP contribution < -0.4 is 4.40 Å². The maximum Gasteiger partial charge on any atom is 0.295 e. The van der Waals surface area contributed by atoms with E-state index in [4.69, 9.17) is 0 Å². The van der Waals surface area contributed by atoms with Crippen LogP contribution in [0.25, 0.3) is 27.3 Å². The van der Waals surface area contributed by atoms with Crippen molar-refractivity contribution in [2.75, 3.05) is 0 Å². The highest BCUT2D eigenvalue weighted by Gasteiger charge is 2.35. The van der Waals surface area contributed by atoms with E-state index in [-0.39, 0.29) is 0 Å². The van der Waals surface area contributed by atoms with Gasteiger partial charge in [-0.3, -0.25) is 4.98 Å². The first-order chi connectivity index (χ1) is 10.3. The molecule has 0 spiro atoms. The predicted molar refractivity (Wildman–Crippen MR) is 81.6 cm³/mol. The van der Waals surface area contributed by atoms with Crippen LogP contribution in [-0.2, 0) is 19.4 Å². The predicted octanol–water partition coefficient (Wildman–Crippen LogP) is 2.70. The molecule has 0 saturated carbocycles. The zero-order chi connectivity index (χ0) is 13.7. The molecule has 3 nitrogen and oxygen atoms in total. The Morgan fingerprint density at radius 2 is 2.05 bits per heavy atom. The van der Waals surface area contributed by atoms with Gasteiger partial charge in [-0.15, -0.1) is 0 Å². The van der Waals surface area contributed by atoms with Crippen LogP contribution in [0.15, 0.2) is 30.6 Å². The molecule has 0 N–H and O–H groups in total. The molecule has 1 aromatic carbocycles. The van der Waals surface area contributed by atoms with Crippen molar-refractivity contribution in [1.29, 1.82) is 0 Å². The Labute approximate surface area is 121 Å². The van der Waals surface area contributed by atoms with Gasteiger partial charge in [-0.1, -0.05) is 18.2 Å². The van der Waals surface area contributed by atoms with E-state index in [0.29, 0.717) is 0 Å². The first-order valence-corrected chi connectivity index (χ1v) is 7.58. The van der Waals surface area contributed by atoms with E-state index in [1.165, 1.54) is 49.8 Å². The van der Waals surface area contributed by atoms with Crippen LogP contribution >= 0.6 is 0 Å². The lowest BCUT2D eigenvalue weighted by atomic mass is 9.97. The molecule has 0 unspecified atom stereocenters. The first kappa shape index (κ1) is 10.3. The van der Waals surface area contributed by atoms with Gasteiger partial charge in [0.15, 0.2) is 5.69 Å². The number of aryl methyl sites for hydroxylation is 2. The van der Waals surface area contributed by atoms with Crippen molar-refractivity contribution in [3.63, 3.8) is 0 Å². The number of pyridine rings is 2. The molecule has 21 heavy (non-hydrogen) atoms. The van der Waals surface area contributed by atoms with Gasteiger partial charge in [-0.25, -0.2) is 4.57 Å². The molecule has 3 heteroatoms. The molecule has 6 rings (SSSR count). The summed E-state index contributed by atoms with van der Waals surface area (Å²) in [5.41, 5.74) is 8.54. The van der Waals surface area contributed by atoms with Gasteiger partial charge in [0.2, 0.25) is 0 Å². The van der Waals surface area contributed by atoms with Crippen LogP contribution in [0.2, 0.25) is 0 Å². The summed E-state index contributed by atoms with van der Waals surface area (Å²) in [5, 5.41) is 4.10. The summed E-state index contributed by atoms with van der Waals surface area (Å²) in [4.78, 5) is 4.50. The number of hydrogen-bond acceptors (Lipinski definition) is 1. The monoisotopic (exact) mass is 272 g/mol. The Kier molecular flexibility index (Phi) is 1.52. The average Bonchev–Trinajstić information content (AvgIpc) is 3.03. The van der Waals surface area contributed by atoms with Crippen molar-refractivity contribution in [3.05, 3.63) is 53.1 Å². The van der Waals surface area contributed by atoms with E-state index in [2.05, 4.69) is 45.3 Å². The second-order valence-corrected chi connectivity index (χ2v) is 6.31. The van der Waals surface area contributed by atoms with Crippen LogP contribution in [0.4, 0.5) is 0 Å². The fourth-order valence-electron chi connectivity index (χ4n) is 4.48. The summed E-state index contributed by atoms with van der Waals surface area (Å²) in [6.07, 6.45) is 6.33. The van der Waals surface area contributed by atoms with Gasteiger partial charge in [0.1, 0.15) is 17.8 Å². The zero-order valence-electron chi connectivity index (χ0n) is 11.8. The van der Waals surface area contributed by atoms with Crippen molar-refractivity contribution in [2.45, 2.75) is 26.3 Å². The summed E-state index contributed by atoms with van der Waals surface area (Å²) in [6, 6.07) is 6.71. The minimum absolute atomic E-state index is 1.01. The van der Waals surface area contributed by atoms with Crippen LogP contribution in [-0.4, -0.2) is 9.55 Å². The third-order valence-electron chi connectivity index (χ3n) is 5.40. The molecule has 0 aliphatic carbocycles. The van der Waals surface area contributed by atoms with Gasteiger partial charge >= 0.3 is 0 Å². The number of rotatable bonds is 0. The van der Waals surface area contributed by atoms with Crippen molar-refractivity contribution in [1.82, 2.24) is 9.55 Å². The lowest BCUT2D eigenvalue weighted by molar-refractivity contribution is -0.492. The third kappa shape index (κ3) is 0.963. The van der Waals surface area contributed by atoms with Crippen LogP contribution in [0, 0.1) is 6.92 Å². The van der Waals surface area contributed by atoms with Crippen LogP contribution in [0.1, 0.15) is 22.5 Å². The lowest BCUT2D eigenvalue weighted by Crippen LogP contribution is -2.31. The highest BCUT2D eigenvalue weighted by molar-refractivity contribution is 6.11. The number of imidazole rings is 1. The Balaban J connectivity index is 2.13. The normalized spacial score (nSPS) is 15.3.